The van der Waals surface area contributed by atoms with E-state index in [1.54, 1.807) is 6.92 Å². The Balaban J connectivity index is 0.00000117. The summed E-state index contributed by atoms with van der Waals surface area (Å²) in [6.45, 7) is 5.77. The highest BCUT2D eigenvalue weighted by Crippen LogP contribution is 2.62. The number of ether oxygens (including phenoxy) is 1. The van der Waals surface area contributed by atoms with Crippen molar-refractivity contribution in [2.75, 3.05) is 0 Å². The van der Waals surface area contributed by atoms with E-state index < -0.39 is 34.7 Å². The molecule has 0 bridgehead atoms. The minimum atomic E-state index is -5.55. The van der Waals surface area contributed by atoms with Crippen molar-refractivity contribution in [2.24, 2.45) is 5.92 Å². The van der Waals surface area contributed by atoms with Gasteiger partial charge >= 0.3 is 12.4 Å². The van der Waals surface area contributed by atoms with Gasteiger partial charge in [0.1, 0.15) is 11.5 Å². The second kappa shape index (κ2) is 7.00. The average molecular weight is 378 g/mol. The largest absolute Gasteiger partial charge is 0.457 e. The lowest BCUT2D eigenvalue weighted by atomic mass is 9.69. The van der Waals surface area contributed by atoms with Crippen molar-refractivity contribution in [3.05, 3.63) is 53.3 Å². The van der Waals surface area contributed by atoms with Gasteiger partial charge in [0, 0.05) is 11.1 Å². The van der Waals surface area contributed by atoms with E-state index in [1.807, 2.05) is 13.8 Å². The first kappa shape index (κ1) is 20.4. The van der Waals surface area contributed by atoms with E-state index in [-0.39, 0.29) is 18.1 Å². The number of allylic oxidation sites excluding steroid dienone is 3. The smallest absolute Gasteiger partial charge is 0.411 e. The predicted molar refractivity (Wildman–Crippen MR) is 86.8 cm³/mol. The van der Waals surface area contributed by atoms with Crippen LogP contribution in [-0.2, 0) is 5.41 Å². The number of halogens is 6. The summed E-state index contributed by atoms with van der Waals surface area (Å²) in [5.74, 6) is -0.834. The Morgan fingerprint density at radius 2 is 1.46 bits per heavy atom. The highest BCUT2D eigenvalue weighted by molar-refractivity contribution is 5.59. The maximum Gasteiger partial charge on any atom is 0.411 e. The zero-order chi connectivity index (χ0) is 19.8. The minimum Gasteiger partial charge on any atom is -0.457 e. The Hall–Kier alpha value is -1.92. The fraction of sp³-hybridized carbons (Fsp3) is 0.474. The van der Waals surface area contributed by atoms with Crippen molar-refractivity contribution in [3.8, 4) is 5.75 Å². The van der Waals surface area contributed by atoms with Gasteiger partial charge in [0.15, 0.2) is 0 Å². The molecule has 0 amide bonds. The van der Waals surface area contributed by atoms with Gasteiger partial charge in [-0.1, -0.05) is 45.0 Å². The van der Waals surface area contributed by atoms with Gasteiger partial charge in [-0.2, -0.15) is 26.3 Å². The van der Waals surface area contributed by atoms with E-state index in [2.05, 4.69) is 0 Å². The fourth-order valence-corrected chi connectivity index (χ4v) is 3.27. The molecule has 0 aromatic heterocycles. The van der Waals surface area contributed by atoms with Crippen LogP contribution in [0.25, 0.3) is 0 Å². The van der Waals surface area contributed by atoms with Crippen molar-refractivity contribution >= 4 is 0 Å². The lowest BCUT2D eigenvalue weighted by Gasteiger charge is -2.43. The Bertz CT molecular complexity index is 697. The molecule has 0 radical (unpaired) electrons. The molecule has 1 atom stereocenters. The molecule has 1 aliphatic carbocycles. The Kier molecular flexibility index (Phi) is 5.49. The zero-order valence-electron chi connectivity index (χ0n) is 14.6. The summed E-state index contributed by atoms with van der Waals surface area (Å²) in [6.07, 6.45) is -8.28. The van der Waals surface area contributed by atoms with Crippen LogP contribution in [-0.4, -0.2) is 12.4 Å². The number of hydrogen-bond acceptors (Lipinski definition) is 1. The van der Waals surface area contributed by atoms with Gasteiger partial charge in [0.05, 0.1) is 0 Å². The van der Waals surface area contributed by atoms with Crippen LogP contribution < -0.4 is 4.74 Å². The van der Waals surface area contributed by atoms with Gasteiger partial charge in [0.25, 0.3) is 0 Å². The third-order valence-electron chi connectivity index (χ3n) is 4.46. The first-order valence-corrected chi connectivity index (χ1v) is 8.41. The second-order valence-electron chi connectivity index (χ2n) is 6.11. The van der Waals surface area contributed by atoms with Gasteiger partial charge < -0.3 is 4.74 Å². The van der Waals surface area contributed by atoms with Crippen LogP contribution in [0, 0.1) is 5.92 Å². The number of hydrogen-bond donors (Lipinski definition) is 0. The van der Waals surface area contributed by atoms with Crippen LogP contribution >= 0.6 is 0 Å². The summed E-state index contributed by atoms with van der Waals surface area (Å²) in [7, 11) is 0. The first-order chi connectivity index (χ1) is 12.1. The predicted octanol–water partition coefficient (Wildman–Crippen LogP) is 6.71. The molecule has 1 unspecified atom stereocenters. The summed E-state index contributed by atoms with van der Waals surface area (Å²) >= 11 is 0. The van der Waals surface area contributed by atoms with E-state index in [1.165, 1.54) is 12.1 Å². The Morgan fingerprint density at radius 1 is 0.923 bits per heavy atom. The fourth-order valence-electron chi connectivity index (χ4n) is 3.27. The minimum absolute atomic E-state index is 0.0681. The number of benzene rings is 1. The molecule has 26 heavy (non-hydrogen) atoms. The van der Waals surface area contributed by atoms with Crippen LogP contribution in [0.2, 0.25) is 0 Å². The number of alkyl halides is 6. The van der Waals surface area contributed by atoms with E-state index in [0.717, 1.165) is 24.3 Å². The quantitative estimate of drug-likeness (QED) is 0.456. The lowest BCUT2D eigenvalue weighted by Crippen LogP contribution is -2.57. The average Bonchev–Trinajstić information content (AvgIpc) is 2.74. The molecule has 1 heterocycles. The van der Waals surface area contributed by atoms with Crippen LogP contribution in [0.15, 0.2) is 47.7 Å². The van der Waals surface area contributed by atoms with Gasteiger partial charge in [-0.15, -0.1) is 0 Å². The van der Waals surface area contributed by atoms with E-state index in [9.17, 15) is 26.3 Å². The Morgan fingerprint density at radius 3 is 2.04 bits per heavy atom. The van der Waals surface area contributed by atoms with Crippen LogP contribution in [0.3, 0.4) is 0 Å². The maximum atomic E-state index is 13.9. The molecule has 7 heteroatoms. The molecular weight excluding hydrogens is 358 g/mol. The summed E-state index contributed by atoms with van der Waals surface area (Å²) in [6, 6.07) is 4.48. The van der Waals surface area contributed by atoms with E-state index in [4.69, 9.17) is 4.74 Å². The molecule has 0 spiro atoms. The number of rotatable bonds is 0. The lowest BCUT2D eigenvalue weighted by molar-refractivity contribution is -0.291. The van der Waals surface area contributed by atoms with Crippen molar-refractivity contribution in [1.29, 1.82) is 0 Å². The van der Waals surface area contributed by atoms with Gasteiger partial charge in [-0.25, -0.2) is 0 Å². The standard InChI is InChI=1S/C17H14F6O.C2H6/c1-10-6-8-12-14(9-7-10)24-13-5-3-2-4-11(13)15(12,16(18,19)20)17(21,22)23;1-2/h2-5,8-10H,6-7H2,1H3;1-2H3. The summed E-state index contributed by atoms with van der Waals surface area (Å²) in [5.41, 5.74) is -5.85. The van der Waals surface area contributed by atoms with Crippen molar-refractivity contribution < 1.29 is 31.1 Å². The topological polar surface area (TPSA) is 9.23 Å². The van der Waals surface area contributed by atoms with Crippen LogP contribution in [0.1, 0.15) is 39.2 Å². The third-order valence-corrected chi connectivity index (χ3v) is 4.46. The second-order valence-corrected chi connectivity index (χ2v) is 6.11. The Labute approximate surface area is 148 Å². The summed E-state index contributed by atoms with van der Waals surface area (Å²) in [5, 5.41) is 0. The molecular formula is C19H20F6O. The molecule has 1 aromatic carbocycles. The normalized spacial score (nSPS) is 21.7. The van der Waals surface area contributed by atoms with Gasteiger partial charge in [0.2, 0.25) is 5.41 Å². The van der Waals surface area contributed by atoms with E-state index in [0.29, 0.717) is 6.42 Å². The van der Waals surface area contributed by atoms with Gasteiger partial charge in [-0.3, -0.25) is 0 Å². The SMILES string of the molecule is CC.CC1CC=C2Oc3ccccc3C(C(F)(F)F)(C(F)(F)F)C2=CC1. The van der Waals surface area contributed by atoms with Crippen LogP contribution in [0.4, 0.5) is 26.3 Å². The van der Waals surface area contributed by atoms with E-state index >= 15 is 0 Å². The highest BCUT2D eigenvalue weighted by Gasteiger charge is 2.76. The molecule has 1 nitrogen and oxygen atoms in total. The molecule has 0 saturated heterocycles. The maximum absolute atomic E-state index is 13.9. The zero-order valence-corrected chi connectivity index (χ0v) is 14.6. The molecule has 0 saturated carbocycles. The van der Waals surface area contributed by atoms with Crippen LogP contribution in [0.5, 0.6) is 5.75 Å². The van der Waals surface area contributed by atoms with Crippen molar-refractivity contribution in [1.82, 2.24) is 0 Å². The van der Waals surface area contributed by atoms with Crippen molar-refractivity contribution in [3.63, 3.8) is 0 Å². The van der Waals surface area contributed by atoms with Crippen molar-refractivity contribution in [2.45, 2.75) is 51.4 Å². The summed E-state index contributed by atoms with van der Waals surface area (Å²) in [4.78, 5) is 0. The molecule has 0 N–H and O–H groups in total. The highest BCUT2D eigenvalue weighted by atomic mass is 19.4. The summed E-state index contributed by atoms with van der Waals surface area (Å²) < 4.78 is 89.0. The molecule has 2 aliphatic rings. The van der Waals surface area contributed by atoms with Gasteiger partial charge in [-0.05, 0) is 30.9 Å². The molecule has 0 fully saturated rings. The number of fused-ring (bicyclic) bond motifs is 2. The molecule has 1 aliphatic heterocycles. The first-order valence-electron chi connectivity index (χ1n) is 8.41. The monoisotopic (exact) mass is 378 g/mol. The molecule has 144 valence electrons. The third kappa shape index (κ3) is 3.01. The molecule has 3 rings (SSSR count). The number of para-hydroxylation sites is 1. The molecule has 1 aromatic rings.